The maximum Gasteiger partial charge on any atom is 0.188 e. The lowest BCUT2D eigenvalue weighted by molar-refractivity contribution is -0.224. The summed E-state index contributed by atoms with van der Waals surface area (Å²) in [5.41, 5.74) is 1.36. The molecule has 3 aliphatic rings. The first-order chi connectivity index (χ1) is 20.0. The number of benzene rings is 1. The molecule has 14 heteroatoms. The molecule has 0 spiro atoms. The van der Waals surface area contributed by atoms with Crippen LogP contribution < -0.4 is 0 Å². The first kappa shape index (κ1) is 32.9. The van der Waals surface area contributed by atoms with Crippen LogP contribution in [0.2, 0.25) is 0 Å². The van der Waals surface area contributed by atoms with Crippen molar-refractivity contribution in [2.45, 2.75) is 95.4 Å². The highest BCUT2D eigenvalue weighted by Gasteiger charge is 2.47. The van der Waals surface area contributed by atoms with Gasteiger partial charge in [0.15, 0.2) is 28.4 Å². The predicted octanol–water partition coefficient (Wildman–Crippen LogP) is 5.01. The van der Waals surface area contributed by atoms with Crippen LogP contribution in [0.5, 0.6) is 0 Å². The van der Waals surface area contributed by atoms with Crippen molar-refractivity contribution in [3.8, 4) is 0 Å². The molecule has 2 unspecified atom stereocenters. The first-order valence-electron chi connectivity index (χ1n) is 14.2. The number of thioether (sulfide) groups is 1. The van der Waals surface area contributed by atoms with E-state index in [0.29, 0.717) is 29.5 Å². The van der Waals surface area contributed by atoms with E-state index in [0.717, 1.165) is 30.2 Å². The zero-order valence-corrected chi connectivity index (χ0v) is 26.5. The number of aliphatic hydroxyl groups is 2. The number of aliphatic imine (C=N–C) groups is 2. The summed E-state index contributed by atoms with van der Waals surface area (Å²) in [4.78, 5) is 9.02. The van der Waals surface area contributed by atoms with Gasteiger partial charge in [0.2, 0.25) is 0 Å². The lowest BCUT2D eigenvalue weighted by Crippen LogP contribution is -2.36. The Morgan fingerprint density at radius 3 is 2.64 bits per heavy atom. The molecular formula is C28H41F2N6O4PS. The Balaban J connectivity index is 1.60. The van der Waals surface area contributed by atoms with Crippen LogP contribution in [0.3, 0.4) is 0 Å². The molecule has 232 valence electrons. The van der Waals surface area contributed by atoms with Crippen LogP contribution in [0.25, 0.3) is 0 Å². The van der Waals surface area contributed by atoms with E-state index in [1.165, 1.54) is 17.8 Å². The number of nitrogens with zero attached hydrogens (tertiary/aromatic N) is 6. The van der Waals surface area contributed by atoms with Crippen molar-refractivity contribution in [2.24, 2.45) is 20.3 Å². The molecule has 2 aliphatic carbocycles. The zero-order chi connectivity index (χ0) is 30.6. The monoisotopic (exact) mass is 626 g/mol. The Hall–Kier alpha value is -2.02. The third-order valence-electron chi connectivity index (χ3n) is 7.44. The fraction of sp³-hybridized carbons (Fsp3) is 0.643. The molecule has 1 aromatic rings. The van der Waals surface area contributed by atoms with Gasteiger partial charge in [-0.25, -0.2) is 18.8 Å². The average molecular weight is 627 g/mol. The van der Waals surface area contributed by atoms with Crippen molar-refractivity contribution in [1.82, 2.24) is 9.68 Å². The second-order valence-electron chi connectivity index (χ2n) is 11.2. The molecule has 0 radical (unpaired) electrons. The van der Waals surface area contributed by atoms with Crippen molar-refractivity contribution < 1.29 is 28.5 Å². The Morgan fingerprint density at radius 1 is 1.26 bits per heavy atom. The van der Waals surface area contributed by atoms with E-state index in [9.17, 15) is 19.0 Å². The van der Waals surface area contributed by atoms with Crippen molar-refractivity contribution in [1.29, 1.82) is 0 Å². The van der Waals surface area contributed by atoms with Gasteiger partial charge in [-0.2, -0.15) is 0 Å². The van der Waals surface area contributed by atoms with E-state index in [1.807, 2.05) is 16.6 Å². The highest BCUT2D eigenvalue weighted by Crippen LogP contribution is 2.49. The fourth-order valence-corrected chi connectivity index (χ4v) is 6.57. The molecule has 2 fully saturated rings. The minimum Gasteiger partial charge on any atom is -0.394 e. The SMILES string of the molecule is C=NC(=N/C(=C1/N=NN([C@@H]2C[C@H](OCCO)[C@@H](OC(C)(C)O)C2)C1C)N(P)[C@@H]1C[C@H]1c1ccc(F)c(F)c1)SCCC. The molecule has 4 rings (SSSR count). The van der Waals surface area contributed by atoms with E-state index in [4.69, 9.17) is 14.5 Å². The topological polar surface area (TPSA) is 115 Å². The van der Waals surface area contributed by atoms with Gasteiger partial charge in [-0.1, -0.05) is 30.0 Å². The Kier molecular flexibility index (Phi) is 11.1. The lowest BCUT2D eigenvalue weighted by atomic mass is 10.1. The van der Waals surface area contributed by atoms with Crippen molar-refractivity contribution in [3.63, 3.8) is 0 Å². The number of hydrogen-bond acceptors (Lipinski definition) is 10. The largest absolute Gasteiger partial charge is 0.394 e. The quantitative estimate of drug-likeness (QED) is 0.145. The smallest absolute Gasteiger partial charge is 0.188 e. The molecule has 1 heterocycles. The average Bonchev–Trinajstić information content (AvgIpc) is 3.52. The summed E-state index contributed by atoms with van der Waals surface area (Å²) >= 11 is 1.50. The van der Waals surface area contributed by atoms with E-state index in [-0.39, 0.29) is 43.4 Å². The van der Waals surface area contributed by atoms with Crippen LogP contribution >= 0.6 is 21.2 Å². The molecule has 0 aromatic heterocycles. The van der Waals surface area contributed by atoms with Gasteiger partial charge >= 0.3 is 0 Å². The standard InChI is InChI=1S/C28H41F2N6O4PS/c1-6-11-42-27(31-5)32-26(36(41)22-15-19(22)17-7-8-20(29)21(30)12-17)25-16(2)35(34-33-25)18-13-23(39-10-9-37)24(14-18)40-28(3,4)38/h7-8,12,16,18-19,22-24,37-38H,5-6,9-11,13-15,41H2,1-4H3/b26-25-,32-27?/t16?,18-,19+,22-,23+,24+/m1/s1. The van der Waals surface area contributed by atoms with Gasteiger partial charge in [-0.05, 0) is 80.3 Å². The maximum absolute atomic E-state index is 14.0. The molecule has 42 heavy (non-hydrogen) atoms. The van der Waals surface area contributed by atoms with E-state index >= 15 is 0 Å². The summed E-state index contributed by atoms with van der Waals surface area (Å²) in [6, 6.07) is 3.64. The van der Waals surface area contributed by atoms with Crippen molar-refractivity contribution >= 4 is 33.0 Å². The number of ether oxygens (including phenoxy) is 2. The number of rotatable bonds is 12. The van der Waals surface area contributed by atoms with E-state index in [2.05, 4.69) is 38.4 Å². The van der Waals surface area contributed by atoms with E-state index < -0.39 is 23.5 Å². The number of hydrogen-bond donors (Lipinski definition) is 2. The van der Waals surface area contributed by atoms with Gasteiger partial charge in [0.25, 0.3) is 0 Å². The normalized spacial score (nSPS) is 28.9. The first-order valence-corrected chi connectivity index (χ1v) is 15.7. The molecule has 0 amide bonds. The summed E-state index contributed by atoms with van der Waals surface area (Å²) in [7, 11) is 2.72. The van der Waals surface area contributed by atoms with Crippen molar-refractivity contribution in [3.05, 3.63) is 46.9 Å². The summed E-state index contributed by atoms with van der Waals surface area (Å²) in [5.74, 6) is -1.69. The number of halogens is 2. The van der Waals surface area contributed by atoms with Crippen LogP contribution in [0.1, 0.15) is 64.9 Å². The fourth-order valence-electron chi connectivity index (χ4n) is 5.42. The molecule has 7 atom stereocenters. The van der Waals surface area contributed by atoms with Crippen LogP contribution in [0, 0.1) is 11.6 Å². The predicted molar refractivity (Wildman–Crippen MR) is 163 cm³/mol. The molecule has 1 aromatic carbocycles. The Bertz CT molecular complexity index is 1220. The van der Waals surface area contributed by atoms with Gasteiger partial charge in [0.05, 0.1) is 37.5 Å². The van der Waals surface area contributed by atoms with Crippen LogP contribution in [0.15, 0.2) is 50.0 Å². The molecular weight excluding hydrogens is 585 g/mol. The molecule has 0 saturated heterocycles. The highest BCUT2D eigenvalue weighted by atomic mass is 32.2. The van der Waals surface area contributed by atoms with E-state index in [1.54, 1.807) is 19.9 Å². The Labute approximate surface area is 252 Å². The lowest BCUT2D eigenvalue weighted by Gasteiger charge is -2.28. The molecule has 2 saturated carbocycles. The zero-order valence-electron chi connectivity index (χ0n) is 24.5. The second-order valence-corrected chi connectivity index (χ2v) is 12.8. The van der Waals surface area contributed by atoms with Crippen LogP contribution in [-0.2, 0) is 9.47 Å². The summed E-state index contributed by atoms with van der Waals surface area (Å²) in [6.07, 6.45) is 2.08. The maximum atomic E-state index is 14.0. The highest BCUT2D eigenvalue weighted by molar-refractivity contribution is 8.13. The minimum absolute atomic E-state index is 0.00408. The van der Waals surface area contributed by atoms with Gasteiger partial charge in [-0.15, -0.1) is 5.11 Å². The molecule has 2 N–H and O–H groups in total. The van der Waals surface area contributed by atoms with Gasteiger partial charge in [0, 0.05) is 17.7 Å². The second kappa shape index (κ2) is 14.2. The summed E-state index contributed by atoms with van der Waals surface area (Å²) in [5, 5.41) is 31.1. The molecule has 10 nitrogen and oxygen atoms in total. The number of aliphatic hydroxyl groups excluding tert-OH is 1. The third-order valence-corrected chi connectivity index (χ3v) is 9.16. The van der Waals surface area contributed by atoms with Gasteiger partial charge in [0.1, 0.15) is 5.70 Å². The third kappa shape index (κ3) is 7.92. The molecule has 0 bridgehead atoms. The van der Waals surface area contributed by atoms with Gasteiger partial charge < -0.3 is 24.4 Å². The molecule has 1 aliphatic heterocycles. The summed E-state index contributed by atoms with van der Waals surface area (Å²) in [6.45, 7) is 11.0. The van der Waals surface area contributed by atoms with Crippen LogP contribution in [0.4, 0.5) is 8.78 Å². The van der Waals surface area contributed by atoms with Crippen LogP contribution in [-0.4, -0.2) is 86.9 Å². The van der Waals surface area contributed by atoms with Crippen molar-refractivity contribution in [2.75, 3.05) is 19.0 Å². The van der Waals surface area contributed by atoms with Gasteiger partial charge in [-0.3, -0.25) is 5.01 Å². The number of amidine groups is 1. The Morgan fingerprint density at radius 2 is 2.00 bits per heavy atom. The minimum atomic E-state index is -1.34. The summed E-state index contributed by atoms with van der Waals surface area (Å²) < 4.78 is 41.2.